The summed E-state index contributed by atoms with van der Waals surface area (Å²) in [4.78, 5) is 17.7. The number of carbonyl (C=O) groups excluding carboxylic acids is 1. The van der Waals surface area contributed by atoms with Crippen LogP contribution in [0.15, 0.2) is 18.6 Å². The maximum Gasteiger partial charge on any atom is 0.226 e. The molecule has 1 amide bonds. The van der Waals surface area contributed by atoms with Crippen LogP contribution in [0.1, 0.15) is 0 Å². The van der Waals surface area contributed by atoms with Gasteiger partial charge in [0.15, 0.2) is 0 Å². The molecular formula is C6H6N3O. The molecule has 0 aliphatic heterocycles. The average molecular weight is 136 g/mol. The van der Waals surface area contributed by atoms with E-state index in [2.05, 4.69) is 22.2 Å². The number of hydrogen-bond donors (Lipinski definition) is 1. The number of hydrogen-bond acceptors (Lipinski definition) is 3. The Morgan fingerprint density at radius 1 is 1.70 bits per heavy atom. The van der Waals surface area contributed by atoms with Crippen molar-refractivity contribution in [2.24, 2.45) is 0 Å². The highest BCUT2D eigenvalue weighted by atomic mass is 16.1. The molecule has 1 aromatic heterocycles. The minimum absolute atomic E-state index is 0.376. The Hall–Kier alpha value is -1.45. The van der Waals surface area contributed by atoms with Crippen LogP contribution >= 0.6 is 0 Å². The lowest BCUT2D eigenvalue weighted by Crippen LogP contribution is -2.07. The lowest BCUT2D eigenvalue weighted by molar-refractivity contribution is -0.112. The number of aromatic nitrogens is 2. The van der Waals surface area contributed by atoms with Gasteiger partial charge in [0.2, 0.25) is 5.91 Å². The van der Waals surface area contributed by atoms with Crippen LogP contribution in [0.2, 0.25) is 0 Å². The molecule has 0 saturated heterocycles. The first-order valence-electron chi connectivity index (χ1n) is 2.68. The minimum Gasteiger partial charge on any atom is -0.311 e. The van der Waals surface area contributed by atoms with Crippen LogP contribution in [0.25, 0.3) is 0 Å². The summed E-state index contributed by atoms with van der Waals surface area (Å²) in [7, 11) is 0. The maximum atomic E-state index is 10.3. The second kappa shape index (κ2) is 2.91. The molecular weight excluding hydrogens is 130 g/mol. The van der Waals surface area contributed by atoms with Gasteiger partial charge in [0.25, 0.3) is 0 Å². The first-order valence-corrected chi connectivity index (χ1v) is 2.68. The van der Waals surface area contributed by atoms with Crippen LogP contribution in [0.5, 0.6) is 0 Å². The highest BCUT2D eigenvalue weighted by Gasteiger charge is 1.92. The molecule has 0 atom stereocenters. The van der Waals surface area contributed by atoms with E-state index in [1.54, 1.807) is 6.07 Å². The third-order valence-corrected chi connectivity index (χ3v) is 0.849. The summed E-state index contributed by atoms with van der Waals surface area (Å²) in [6, 6.07) is 1.59. The summed E-state index contributed by atoms with van der Waals surface area (Å²) < 4.78 is 0. The van der Waals surface area contributed by atoms with E-state index in [1.165, 1.54) is 12.5 Å². The van der Waals surface area contributed by atoms with E-state index in [4.69, 9.17) is 0 Å². The van der Waals surface area contributed by atoms with Crippen molar-refractivity contribution in [3.05, 3.63) is 25.5 Å². The van der Waals surface area contributed by atoms with Crippen LogP contribution in [-0.2, 0) is 4.79 Å². The van der Waals surface area contributed by atoms with Crippen LogP contribution < -0.4 is 5.32 Å². The fraction of sp³-hybridized carbons (Fsp3) is 0. The standard InChI is InChI=1S/C6H6N3O/c1-5(10)9-6-2-3-7-4-8-6/h2-4H,1H2,(H,7,8,9,10). The molecule has 51 valence electrons. The zero-order valence-electron chi connectivity index (χ0n) is 5.24. The van der Waals surface area contributed by atoms with Gasteiger partial charge in [-0.3, -0.25) is 4.79 Å². The summed E-state index contributed by atoms with van der Waals surface area (Å²) in [6.07, 6.45) is 2.89. The molecule has 0 spiro atoms. The van der Waals surface area contributed by atoms with E-state index < -0.39 is 0 Å². The van der Waals surface area contributed by atoms with Gasteiger partial charge in [-0.25, -0.2) is 9.97 Å². The number of amides is 1. The van der Waals surface area contributed by atoms with Crippen LogP contribution in [0.3, 0.4) is 0 Å². The molecule has 0 aliphatic carbocycles. The summed E-state index contributed by atoms with van der Waals surface area (Å²) in [5.74, 6) is 0.0914. The summed E-state index contributed by atoms with van der Waals surface area (Å²) in [6.45, 7) is 3.12. The van der Waals surface area contributed by atoms with Crippen molar-refractivity contribution in [3.8, 4) is 0 Å². The number of nitrogens with one attached hydrogen (secondary N) is 1. The molecule has 1 N–H and O–H groups in total. The highest BCUT2D eigenvalue weighted by molar-refractivity contribution is 5.92. The number of rotatable bonds is 1. The maximum absolute atomic E-state index is 10.3. The molecule has 4 nitrogen and oxygen atoms in total. The average Bonchev–Trinajstić information content (AvgIpc) is 1.88. The van der Waals surface area contributed by atoms with Gasteiger partial charge in [0, 0.05) is 13.1 Å². The van der Waals surface area contributed by atoms with Crippen molar-refractivity contribution in [1.29, 1.82) is 0 Å². The van der Waals surface area contributed by atoms with E-state index >= 15 is 0 Å². The summed E-state index contributed by atoms with van der Waals surface area (Å²) >= 11 is 0. The molecule has 0 saturated carbocycles. The number of carbonyl (C=O) groups is 1. The predicted molar refractivity (Wildman–Crippen MR) is 36.0 cm³/mol. The lowest BCUT2D eigenvalue weighted by Gasteiger charge is -1.96. The van der Waals surface area contributed by atoms with Crippen molar-refractivity contribution in [2.75, 3.05) is 5.32 Å². The van der Waals surface area contributed by atoms with Crippen molar-refractivity contribution < 1.29 is 4.79 Å². The Bertz CT molecular complexity index is 222. The molecule has 0 fully saturated rings. The van der Waals surface area contributed by atoms with Gasteiger partial charge in [-0.1, -0.05) is 0 Å². The van der Waals surface area contributed by atoms with Gasteiger partial charge in [0.1, 0.15) is 12.1 Å². The molecule has 10 heavy (non-hydrogen) atoms. The first kappa shape index (κ1) is 6.67. The van der Waals surface area contributed by atoms with Crippen LogP contribution in [0, 0.1) is 6.92 Å². The summed E-state index contributed by atoms with van der Waals surface area (Å²) in [5.41, 5.74) is 0. The third kappa shape index (κ3) is 1.81. The van der Waals surface area contributed by atoms with Gasteiger partial charge in [0.05, 0.1) is 0 Å². The Kier molecular flexibility index (Phi) is 1.94. The van der Waals surface area contributed by atoms with Gasteiger partial charge < -0.3 is 5.32 Å². The van der Waals surface area contributed by atoms with Crippen molar-refractivity contribution in [2.45, 2.75) is 0 Å². The second-order valence-corrected chi connectivity index (χ2v) is 1.64. The quantitative estimate of drug-likeness (QED) is 0.602. The van der Waals surface area contributed by atoms with Gasteiger partial charge in [-0.2, -0.15) is 0 Å². The molecule has 1 aromatic rings. The Labute approximate surface area is 58.3 Å². The third-order valence-electron chi connectivity index (χ3n) is 0.849. The van der Waals surface area contributed by atoms with Crippen molar-refractivity contribution >= 4 is 11.7 Å². The molecule has 0 unspecified atom stereocenters. The SMILES string of the molecule is [CH2]C(=O)Nc1ccncn1. The number of nitrogens with zero attached hydrogens (tertiary/aromatic N) is 2. The van der Waals surface area contributed by atoms with Crippen LogP contribution in [0.4, 0.5) is 5.82 Å². The van der Waals surface area contributed by atoms with Crippen molar-refractivity contribution in [1.82, 2.24) is 9.97 Å². The number of anilines is 1. The normalized spacial score (nSPS) is 8.90. The molecule has 1 heterocycles. The van der Waals surface area contributed by atoms with E-state index in [-0.39, 0.29) is 5.91 Å². The second-order valence-electron chi connectivity index (χ2n) is 1.64. The molecule has 0 bridgehead atoms. The van der Waals surface area contributed by atoms with Crippen LogP contribution in [-0.4, -0.2) is 15.9 Å². The zero-order chi connectivity index (χ0) is 7.40. The summed E-state index contributed by atoms with van der Waals surface area (Å²) in [5, 5.41) is 2.40. The van der Waals surface area contributed by atoms with Crippen molar-refractivity contribution in [3.63, 3.8) is 0 Å². The first-order chi connectivity index (χ1) is 4.79. The van der Waals surface area contributed by atoms with E-state index in [9.17, 15) is 4.79 Å². The highest BCUT2D eigenvalue weighted by Crippen LogP contribution is 1.95. The smallest absolute Gasteiger partial charge is 0.226 e. The molecule has 0 aromatic carbocycles. The lowest BCUT2D eigenvalue weighted by atomic mass is 10.5. The Morgan fingerprint density at radius 3 is 3.00 bits per heavy atom. The Balaban J connectivity index is 2.67. The fourth-order valence-electron chi connectivity index (χ4n) is 0.507. The van der Waals surface area contributed by atoms with Gasteiger partial charge in [-0.05, 0) is 6.07 Å². The molecule has 0 aliphatic rings. The molecule has 1 rings (SSSR count). The predicted octanol–water partition coefficient (Wildman–Crippen LogP) is 0.249. The molecule has 4 heteroatoms. The van der Waals surface area contributed by atoms with Gasteiger partial charge >= 0.3 is 0 Å². The minimum atomic E-state index is -0.376. The van der Waals surface area contributed by atoms with E-state index in [0.717, 1.165) is 0 Å². The van der Waals surface area contributed by atoms with E-state index in [0.29, 0.717) is 5.82 Å². The largest absolute Gasteiger partial charge is 0.311 e. The van der Waals surface area contributed by atoms with Gasteiger partial charge in [-0.15, -0.1) is 0 Å². The fourth-order valence-corrected chi connectivity index (χ4v) is 0.507. The molecule has 1 radical (unpaired) electrons. The monoisotopic (exact) mass is 136 g/mol. The van der Waals surface area contributed by atoms with E-state index in [1.807, 2.05) is 0 Å². The Morgan fingerprint density at radius 2 is 2.50 bits per heavy atom. The topological polar surface area (TPSA) is 54.9 Å². The zero-order valence-corrected chi connectivity index (χ0v) is 5.24.